The van der Waals surface area contributed by atoms with Crippen LogP contribution in [-0.4, -0.2) is 28.4 Å². The van der Waals surface area contributed by atoms with Gasteiger partial charge in [-0.2, -0.15) is 0 Å². The maximum atomic E-state index is 14.6. The van der Waals surface area contributed by atoms with Crippen LogP contribution in [0.2, 0.25) is 0 Å². The monoisotopic (exact) mass is 384 g/mol. The second-order valence-corrected chi connectivity index (χ2v) is 9.57. The molecule has 3 unspecified atom stereocenters. The third-order valence-corrected chi connectivity index (χ3v) is 7.41. The molecule has 0 bridgehead atoms. The quantitative estimate of drug-likeness (QED) is 0.689. The number of hydrogen-bond acceptors (Lipinski definition) is 1. The second-order valence-electron chi connectivity index (χ2n) is 9.57. The zero-order valence-corrected chi connectivity index (χ0v) is 17.4. The second kappa shape index (κ2) is 7.53. The summed E-state index contributed by atoms with van der Waals surface area (Å²) in [5.74, 6) is 0.340. The maximum absolute atomic E-state index is 14.6. The fourth-order valence-electron chi connectivity index (χ4n) is 5.78. The lowest BCUT2D eigenvalue weighted by Gasteiger charge is -2.51. The zero-order chi connectivity index (χ0) is 19.9. The van der Waals surface area contributed by atoms with E-state index in [1.165, 1.54) is 31.7 Å². The van der Waals surface area contributed by atoms with E-state index in [2.05, 4.69) is 30.7 Å². The number of nitrogens with zero attached hydrogens (tertiary/aromatic N) is 1. The Bertz CT molecular complexity index is 853. The van der Waals surface area contributed by atoms with Gasteiger partial charge in [-0.1, -0.05) is 39.7 Å². The summed E-state index contributed by atoms with van der Waals surface area (Å²) in [6.45, 7) is 7.54. The van der Waals surface area contributed by atoms with E-state index in [-0.39, 0.29) is 29.0 Å². The van der Waals surface area contributed by atoms with E-state index in [4.69, 9.17) is 0 Å². The highest BCUT2D eigenvalue weighted by atomic mass is 19.1. The van der Waals surface area contributed by atoms with Gasteiger partial charge in [-0.25, -0.2) is 4.39 Å². The van der Waals surface area contributed by atoms with Crippen LogP contribution in [-0.2, 0) is 4.79 Å². The van der Waals surface area contributed by atoms with Crippen molar-refractivity contribution in [2.45, 2.75) is 77.7 Å². The molecule has 1 aliphatic heterocycles. The first kappa shape index (κ1) is 19.5. The molecule has 1 saturated heterocycles. The summed E-state index contributed by atoms with van der Waals surface area (Å²) < 4.78 is 14.6. The standard InChI is InChI=1S/C24H33FN2O/c1-16(2)17(18-15-26-20-9-6-8-19(25)23(18)20)14-22(28)27-13-7-12-24(3)11-5-4-10-21(24)27/h6,8-9,15-17,21,26H,4-5,7,10-14H2,1-3H3. The maximum Gasteiger partial charge on any atom is 0.223 e. The van der Waals surface area contributed by atoms with E-state index >= 15 is 0 Å². The fourth-order valence-corrected chi connectivity index (χ4v) is 5.78. The molecule has 0 radical (unpaired) electrons. The molecule has 28 heavy (non-hydrogen) atoms. The molecule has 2 heterocycles. The number of nitrogens with one attached hydrogen (secondary N) is 1. The Kier molecular flexibility index (Phi) is 5.24. The molecule has 1 amide bonds. The van der Waals surface area contributed by atoms with Gasteiger partial charge in [-0.3, -0.25) is 4.79 Å². The summed E-state index contributed by atoms with van der Waals surface area (Å²) in [4.78, 5) is 18.8. The van der Waals surface area contributed by atoms with Crippen LogP contribution in [0.4, 0.5) is 4.39 Å². The minimum Gasteiger partial charge on any atom is -0.361 e. The van der Waals surface area contributed by atoms with Crippen LogP contribution < -0.4 is 0 Å². The van der Waals surface area contributed by atoms with Crippen LogP contribution >= 0.6 is 0 Å². The molecule has 1 N–H and O–H groups in total. The van der Waals surface area contributed by atoms with E-state index in [9.17, 15) is 9.18 Å². The Balaban J connectivity index is 1.60. The fraction of sp³-hybridized carbons (Fsp3) is 0.625. The van der Waals surface area contributed by atoms with E-state index in [1.54, 1.807) is 6.07 Å². The molecule has 2 aromatic rings. The Morgan fingerprint density at radius 1 is 1.29 bits per heavy atom. The Morgan fingerprint density at radius 2 is 2.07 bits per heavy atom. The minimum absolute atomic E-state index is 0.0231. The number of carbonyl (C=O) groups excluding carboxylic acids is 1. The number of aromatic nitrogens is 1. The number of rotatable bonds is 4. The molecule has 1 aliphatic carbocycles. The summed E-state index contributed by atoms with van der Waals surface area (Å²) >= 11 is 0. The lowest BCUT2D eigenvalue weighted by molar-refractivity contribution is -0.142. The molecule has 1 saturated carbocycles. The average Bonchev–Trinajstić information content (AvgIpc) is 3.09. The highest BCUT2D eigenvalue weighted by Crippen LogP contribution is 2.46. The summed E-state index contributed by atoms with van der Waals surface area (Å²) in [6.07, 6.45) is 9.61. The Morgan fingerprint density at radius 3 is 2.86 bits per heavy atom. The number of aromatic amines is 1. The van der Waals surface area contributed by atoms with Gasteiger partial charge in [0.05, 0.1) is 0 Å². The van der Waals surface area contributed by atoms with Gasteiger partial charge in [0.15, 0.2) is 0 Å². The van der Waals surface area contributed by atoms with Crippen LogP contribution in [0.25, 0.3) is 10.9 Å². The molecule has 2 fully saturated rings. The number of likely N-dealkylation sites (tertiary alicyclic amines) is 1. The summed E-state index contributed by atoms with van der Waals surface area (Å²) in [7, 11) is 0. The zero-order valence-electron chi connectivity index (χ0n) is 17.4. The van der Waals surface area contributed by atoms with Crippen molar-refractivity contribution < 1.29 is 9.18 Å². The number of benzene rings is 1. The van der Waals surface area contributed by atoms with Crippen molar-refractivity contribution in [1.82, 2.24) is 9.88 Å². The molecule has 1 aromatic carbocycles. The predicted molar refractivity (Wildman–Crippen MR) is 112 cm³/mol. The van der Waals surface area contributed by atoms with Gasteiger partial charge in [0.2, 0.25) is 5.91 Å². The van der Waals surface area contributed by atoms with Gasteiger partial charge in [-0.15, -0.1) is 0 Å². The number of piperidine rings is 1. The number of halogens is 1. The normalized spacial score (nSPS) is 26.5. The van der Waals surface area contributed by atoms with Gasteiger partial charge in [0.1, 0.15) is 5.82 Å². The van der Waals surface area contributed by atoms with E-state index < -0.39 is 0 Å². The summed E-state index contributed by atoms with van der Waals surface area (Å²) in [6, 6.07) is 5.52. The number of fused-ring (bicyclic) bond motifs is 2. The smallest absolute Gasteiger partial charge is 0.223 e. The minimum atomic E-state index is -0.204. The van der Waals surface area contributed by atoms with Crippen molar-refractivity contribution in [3.63, 3.8) is 0 Å². The first-order valence-corrected chi connectivity index (χ1v) is 11.0. The molecule has 152 valence electrons. The molecule has 3 atom stereocenters. The largest absolute Gasteiger partial charge is 0.361 e. The molecule has 4 heteroatoms. The highest BCUT2D eigenvalue weighted by Gasteiger charge is 2.44. The van der Waals surface area contributed by atoms with Crippen molar-refractivity contribution in [3.8, 4) is 0 Å². The van der Waals surface area contributed by atoms with Gasteiger partial charge in [0.25, 0.3) is 0 Å². The molecule has 3 nitrogen and oxygen atoms in total. The van der Waals surface area contributed by atoms with E-state index in [1.807, 2.05) is 12.3 Å². The number of amides is 1. The van der Waals surface area contributed by atoms with Crippen molar-refractivity contribution in [1.29, 1.82) is 0 Å². The average molecular weight is 385 g/mol. The van der Waals surface area contributed by atoms with Crippen LogP contribution in [0.3, 0.4) is 0 Å². The van der Waals surface area contributed by atoms with Gasteiger partial charge < -0.3 is 9.88 Å². The molecule has 1 aromatic heterocycles. The van der Waals surface area contributed by atoms with Gasteiger partial charge in [-0.05, 0) is 60.6 Å². The molecule has 4 rings (SSSR count). The number of carbonyl (C=O) groups is 1. The molecule has 2 aliphatic rings. The molecule has 0 spiro atoms. The lowest BCUT2D eigenvalue weighted by atomic mass is 9.66. The molecular formula is C24H33FN2O. The van der Waals surface area contributed by atoms with Crippen LogP contribution in [0.1, 0.15) is 77.2 Å². The molecular weight excluding hydrogens is 351 g/mol. The van der Waals surface area contributed by atoms with Crippen LogP contribution in [0.5, 0.6) is 0 Å². The van der Waals surface area contributed by atoms with E-state index in [0.29, 0.717) is 17.8 Å². The first-order chi connectivity index (χ1) is 13.4. The Labute approximate surface area is 167 Å². The van der Waals surface area contributed by atoms with E-state index in [0.717, 1.165) is 30.5 Å². The third kappa shape index (κ3) is 3.35. The van der Waals surface area contributed by atoms with Crippen LogP contribution in [0, 0.1) is 17.2 Å². The number of H-pyrrole nitrogens is 1. The first-order valence-electron chi connectivity index (χ1n) is 11.0. The summed E-state index contributed by atoms with van der Waals surface area (Å²) in [5.41, 5.74) is 2.04. The SMILES string of the molecule is CC(C)C(CC(=O)N1CCCC2(C)CCCCC12)c1c[nH]c2cccc(F)c12. The number of hydrogen-bond donors (Lipinski definition) is 1. The van der Waals surface area contributed by atoms with Crippen molar-refractivity contribution in [3.05, 3.63) is 35.8 Å². The predicted octanol–water partition coefficient (Wildman–Crippen LogP) is 6.01. The lowest BCUT2D eigenvalue weighted by Crippen LogP contribution is -2.55. The Hall–Kier alpha value is -1.84. The van der Waals surface area contributed by atoms with Gasteiger partial charge in [0, 0.05) is 36.1 Å². The van der Waals surface area contributed by atoms with Gasteiger partial charge >= 0.3 is 0 Å². The third-order valence-electron chi connectivity index (χ3n) is 7.41. The van der Waals surface area contributed by atoms with Crippen molar-refractivity contribution in [2.75, 3.05) is 6.54 Å². The van der Waals surface area contributed by atoms with Crippen molar-refractivity contribution in [2.24, 2.45) is 11.3 Å². The topological polar surface area (TPSA) is 36.1 Å². The van der Waals surface area contributed by atoms with Crippen LogP contribution in [0.15, 0.2) is 24.4 Å². The summed E-state index contributed by atoms with van der Waals surface area (Å²) in [5, 5.41) is 0.648. The highest BCUT2D eigenvalue weighted by molar-refractivity contribution is 5.86. The van der Waals surface area contributed by atoms with Crippen molar-refractivity contribution >= 4 is 16.8 Å².